The SMILES string of the molecule is C=C.CC(=O)c1ccc2c(c1)Nc1ccccc1S2. The van der Waals surface area contributed by atoms with Gasteiger partial charge >= 0.3 is 0 Å². The van der Waals surface area contributed by atoms with E-state index < -0.39 is 0 Å². The van der Waals surface area contributed by atoms with E-state index in [0.29, 0.717) is 0 Å². The van der Waals surface area contributed by atoms with Crippen LogP contribution in [-0.2, 0) is 0 Å². The van der Waals surface area contributed by atoms with E-state index in [2.05, 4.69) is 24.5 Å². The lowest BCUT2D eigenvalue weighted by Gasteiger charge is -2.20. The molecule has 2 nitrogen and oxygen atoms in total. The number of hydrogen-bond acceptors (Lipinski definition) is 3. The quantitative estimate of drug-likeness (QED) is 0.503. The molecule has 0 aliphatic carbocycles. The zero-order chi connectivity index (χ0) is 13.8. The van der Waals surface area contributed by atoms with E-state index in [1.54, 1.807) is 18.7 Å². The lowest BCUT2D eigenvalue weighted by Crippen LogP contribution is -2.01. The number of fused-ring (bicyclic) bond motifs is 2. The standard InChI is InChI=1S/C14H11NOS.C2H4/c1-9(16)10-6-7-14-12(8-10)15-11-4-2-3-5-13(11)17-14;1-2/h2-8,15H,1H3;1-2H2. The van der Waals surface area contributed by atoms with Crippen molar-refractivity contribution in [1.29, 1.82) is 0 Å². The molecule has 0 atom stereocenters. The molecule has 19 heavy (non-hydrogen) atoms. The van der Waals surface area contributed by atoms with Crippen molar-refractivity contribution in [1.82, 2.24) is 0 Å². The molecule has 3 heteroatoms. The maximum absolute atomic E-state index is 11.3. The summed E-state index contributed by atoms with van der Waals surface area (Å²) in [6.45, 7) is 7.59. The van der Waals surface area contributed by atoms with Crippen molar-refractivity contribution in [3.05, 3.63) is 61.2 Å². The first-order valence-electron chi connectivity index (χ1n) is 5.93. The van der Waals surface area contributed by atoms with Crippen LogP contribution in [0.15, 0.2) is 65.4 Å². The molecule has 0 fully saturated rings. The van der Waals surface area contributed by atoms with Crippen molar-refractivity contribution >= 4 is 28.9 Å². The first kappa shape index (κ1) is 13.4. The third-order valence-electron chi connectivity index (χ3n) is 2.76. The predicted molar refractivity (Wildman–Crippen MR) is 81.5 cm³/mol. The van der Waals surface area contributed by atoms with Gasteiger partial charge in [0.25, 0.3) is 0 Å². The van der Waals surface area contributed by atoms with Gasteiger partial charge in [-0.15, -0.1) is 13.2 Å². The molecule has 1 N–H and O–H groups in total. The van der Waals surface area contributed by atoms with Crippen LogP contribution in [-0.4, -0.2) is 5.78 Å². The smallest absolute Gasteiger partial charge is 0.159 e. The number of carbonyl (C=O) groups excluding carboxylic acids is 1. The topological polar surface area (TPSA) is 29.1 Å². The molecule has 0 radical (unpaired) electrons. The molecular weight excluding hydrogens is 254 g/mol. The van der Waals surface area contributed by atoms with E-state index in [0.717, 1.165) is 21.8 Å². The molecule has 2 aromatic rings. The van der Waals surface area contributed by atoms with Gasteiger partial charge in [-0.3, -0.25) is 4.79 Å². The number of rotatable bonds is 1. The Balaban J connectivity index is 0.000000637. The summed E-state index contributed by atoms with van der Waals surface area (Å²) in [6, 6.07) is 14.0. The first-order valence-corrected chi connectivity index (χ1v) is 6.74. The molecule has 0 amide bonds. The summed E-state index contributed by atoms with van der Waals surface area (Å²) in [6.07, 6.45) is 0. The van der Waals surface area contributed by atoms with Crippen LogP contribution in [0.1, 0.15) is 17.3 Å². The Morgan fingerprint density at radius 1 is 1.05 bits per heavy atom. The molecule has 0 spiro atoms. The molecule has 2 aromatic carbocycles. The number of hydrogen-bond donors (Lipinski definition) is 1. The minimum absolute atomic E-state index is 0.0958. The van der Waals surface area contributed by atoms with E-state index in [1.807, 2.05) is 36.4 Å². The van der Waals surface area contributed by atoms with Crippen molar-refractivity contribution in [2.75, 3.05) is 5.32 Å². The van der Waals surface area contributed by atoms with Crippen LogP contribution in [0, 0.1) is 0 Å². The Hall–Kier alpha value is -2.00. The molecular formula is C16H15NOS. The highest BCUT2D eigenvalue weighted by atomic mass is 32.2. The second kappa shape index (κ2) is 5.76. The molecule has 1 aliphatic heterocycles. The van der Waals surface area contributed by atoms with E-state index in [1.165, 1.54) is 4.90 Å². The predicted octanol–water partition coefficient (Wildman–Crippen LogP) is 4.90. The van der Waals surface area contributed by atoms with Gasteiger partial charge < -0.3 is 5.32 Å². The van der Waals surface area contributed by atoms with E-state index in [9.17, 15) is 4.79 Å². The normalized spacial score (nSPS) is 11.2. The summed E-state index contributed by atoms with van der Waals surface area (Å²) in [5.41, 5.74) is 2.86. The summed E-state index contributed by atoms with van der Waals surface area (Å²) in [5.74, 6) is 0.0958. The summed E-state index contributed by atoms with van der Waals surface area (Å²) >= 11 is 1.73. The monoisotopic (exact) mass is 269 g/mol. The molecule has 0 saturated heterocycles. The first-order chi connectivity index (χ1) is 9.24. The Labute approximate surface area is 117 Å². The molecule has 1 aliphatic rings. The number of carbonyl (C=O) groups is 1. The average molecular weight is 269 g/mol. The number of ketones is 1. The van der Waals surface area contributed by atoms with Crippen molar-refractivity contribution in [2.24, 2.45) is 0 Å². The number of nitrogens with one attached hydrogen (secondary N) is 1. The van der Waals surface area contributed by atoms with Crippen LogP contribution in [0.25, 0.3) is 0 Å². The van der Waals surface area contributed by atoms with Crippen LogP contribution in [0.4, 0.5) is 11.4 Å². The maximum Gasteiger partial charge on any atom is 0.159 e. The van der Waals surface area contributed by atoms with Gasteiger partial charge in [-0.2, -0.15) is 0 Å². The van der Waals surface area contributed by atoms with Gasteiger partial charge in [0.2, 0.25) is 0 Å². The largest absolute Gasteiger partial charge is 0.354 e. The van der Waals surface area contributed by atoms with Gasteiger partial charge in [-0.1, -0.05) is 30.0 Å². The van der Waals surface area contributed by atoms with Crippen molar-refractivity contribution in [2.45, 2.75) is 16.7 Å². The Morgan fingerprint density at radius 3 is 2.47 bits per heavy atom. The third kappa shape index (κ3) is 2.71. The van der Waals surface area contributed by atoms with Gasteiger partial charge in [0.1, 0.15) is 0 Å². The van der Waals surface area contributed by atoms with Crippen molar-refractivity contribution in [3.8, 4) is 0 Å². The van der Waals surface area contributed by atoms with Crippen molar-refractivity contribution in [3.63, 3.8) is 0 Å². The summed E-state index contributed by atoms with van der Waals surface area (Å²) in [5, 5.41) is 3.36. The minimum atomic E-state index is 0.0958. The van der Waals surface area contributed by atoms with Gasteiger partial charge in [0.15, 0.2) is 5.78 Å². The average Bonchev–Trinajstić information content (AvgIpc) is 2.46. The van der Waals surface area contributed by atoms with E-state index in [4.69, 9.17) is 0 Å². The van der Waals surface area contributed by atoms with Gasteiger partial charge in [-0.05, 0) is 31.2 Å². The number of para-hydroxylation sites is 1. The van der Waals surface area contributed by atoms with Gasteiger partial charge in [0.05, 0.1) is 11.4 Å². The van der Waals surface area contributed by atoms with Gasteiger partial charge in [-0.25, -0.2) is 0 Å². The highest BCUT2D eigenvalue weighted by Crippen LogP contribution is 2.44. The lowest BCUT2D eigenvalue weighted by molar-refractivity contribution is 0.101. The Bertz CT molecular complexity index is 622. The zero-order valence-corrected chi connectivity index (χ0v) is 11.6. The Kier molecular flexibility index (Phi) is 4.07. The number of anilines is 2. The molecule has 0 bridgehead atoms. The van der Waals surface area contributed by atoms with Crippen molar-refractivity contribution < 1.29 is 4.79 Å². The second-order valence-corrected chi connectivity index (χ2v) is 5.07. The fourth-order valence-corrected chi connectivity index (χ4v) is 2.83. The second-order valence-electron chi connectivity index (χ2n) is 3.99. The maximum atomic E-state index is 11.3. The van der Waals surface area contributed by atoms with E-state index >= 15 is 0 Å². The fourth-order valence-electron chi connectivity index (χ4n) is 1.86. The van der Waals surface area contributed by atoms with Crippen LogP contribution in [0.5, 0.6) is 0 Å². The summed E-state index contributed by atoms with van der Waals surface area (Å²) in [4.78, 5) is 13.7. The van der Waals surface area contributed by atoms with E-state index in [-0.39, 0.29) is 5.78 Å². The van der Waals surface area contributed by atoms with Crippen LogP contribution in [0.3, 0.4) is 0 Å². The van der Waals surface area contributed by atoms with Gasteiger partial charge in [0, 0.05) is 15.4 Å². The molecule has 1 heterocycles. The molecule has 96 valence electrons. The lowest BCUT2D eigenvalue weighted by atomic mass is 10.1. The molecule has 3 rings (SSSR count). The minimum Gasteiger partial charge on any atom is -0.354 e. The highest BCUT2D eigenvalue weighted by Gasteiger charge is 2.15. The number of Topliss-reactive ketones (excluding diaryl/α,β-unsaturated/α-hetero) is 1. The zero-order valence-electron chi connectivity index (χ0n) is 10.8. The molecule has 0 unspecified atom stereocenters. The van der Waals surface area contributed by atoms with Crippen LogP contribution in [0.2, 0.25) is 0 Å². The Morgan fingerprint density at radius 2 is 1.74 bits per heavy atom. The van der Waals surface area contributed by atoms with Crippen LogP contribution < -0.4 is 5.32 Å². The highest BCUT2D eigenvalue weighted by molar-refractivity contribution is 7.99. The van der Waals surface area contributed by atoms with Crippen LogP contribution >= 0.6 is 11.8 Å². The molecule has 0 saturated carbocycles. The third-order valence-corrected chi connectivity index (χ3v) is 3.91. The summed E-state index contributed by atoms with van der Waals surface area (Å²) < 4.78 is 0. The summed E-state index contributed by atoms with van der Waals surface area (Å²) in [7, 11) is 0. The number of benzene rings is 2. The fraction of sp³-hybridized carbons (Fsp3) is 0.0625. The molecule has 0 aromatic heterocycles.